The van der Waals surface area contributed by atoms with E-state index in [0.29, 0.717) is 30.0 Å². The third-order valence-corrected chi connectivity index (χ3v) is 3.09. The molecule has 0 aromatic heterocycles. The Hall–Kier alpha value is -2.21. The summed E-state index contributed by atoms with van der Waals surface area (Å²) in [6, 6.07) is 3.39. The van der Waals surface area contributed by atoms with Crippen LogP contribution < -0.4 is 10.1 Å². The number of benzene rings is 1. The highest BCUT2D eigenvalue weighted by atomic mass is 16.6. The number of rotatable bonds is 7. The first-order valence-corrected chi connectivity index (χ1v) is 7.58. The second kappa shape index (κ2) is 9.05. The Morgan fingerprint density at radius 3 is 2.65 bits per heavy atom. The molecule has 128 valence electrons. The second-order valence-corrected chi connectivity index (χ2v) is 5.39. The SMILES string of the molecule is C/C=C(\C)OC(=O)NCCc1cc(CO)c(O)c(OC(C)C)c1. The highest BCUT2D eigenvalue weighted by molar-refractivity contribution is 5.68. The average Bonchev–Trinajstić information content (AvgIpc) is 2.49. The van der Waals surface area contributed by atoms with Crippen LogP contribution in [0.4, 0.5) is 4.79 Å². The van der Waals surface area contributed by atoms with E-state index in [-0.39, 0.29) is 18.5 Å². The molecule has 0 bridgehead atoms. The van der Waals surface area contributed by atoms with Crippen molar-refractivity contribution >= 4 is 6.09 Å². The lowest BCUT2D eigenvalue weighted by molar-refractivity contribution is 0.176. The van der Waals surface area contributed by atoms with Gasteiger partial charge in [-0.3, -0.25) is 0 Å². The zero-order valence-electron chi connectivity index (χ0n) is 14.0. The Kier molecular flexibility index (Phi) is 7.41. The number of ether oxygens (including phenoxy) is 2. The zero-order chi connectivity index (χ0) is 17.4. The highest BCUT2D eigenvalue weighted by Crippen LogP contribution is 2.32. The van der Waals surface area contributed by atoms with Crippen LogP contribution in [0.5, 0.6) is 11.5 Å². The number of aliphatic hydroxyl groups excluding tert-OH is 1. The Balaban J connectivity index is 2.71. The van der Waals surface area contributed by atoms with E-state index in [4.69, 9.17) is 9.47 Å². The maximum absolute atomic E-state index is 11.5. The quantitative estimate of drug-likeness (QED) is 0.672. The molecule has 1 amide bonds. The van der Waals surface area contributed by atoms with E-state index in [0.717, 1.165) is 5.56 Å². The van der Waals surface area contributed by atoms with Crippen LogP contribution in [0.3, 0.4) is 0 Å². The summed E-state index contributed by atoms with van der Waals surface area (Å²) in [6.07, 6.45) is 1.61. The fourth-order valence-corrected chi connectivity index (χ4v) is 1.89. The predicted molar refractivity (Wildman–Crippen MR) is 87.4 cm³/mol. The number of phenols is 1. The van der Waals surface area contributed by atoms with Gasteiger partial charge in [0.1, 0.15) is 5.76 Å². The molecule has 0 saturated carbocycles. The first-order valence-electron chi connectivity index (χ1n) is 7.58. The van der Waals surface area contributed by atoms with Gasteiger partial charge in [0.05, 0.1) is 12.7 Å². The third-order valence-electron chi connectivity index (χ3n) is 3.09. The number of amides is 1. The summed E-state index contributed by atoms with van der Waals surface area (Å²) < 4.78 is 10.5. The number of hydrogen-bond acceptors (Lipinski definition) is 5. The van der Waals surface area contributed by atoms with Gasteiger partial charge in [-0.2, -0.15) is 0 Å². The standard InChI is InChI=1S/C17H25NO5/c1-5-12(4)23-17(21)18-7-6-13-8-14(10-19)16(20)15(9-13)22-11(2)3/h5,8-9,11,19-20H,6-7,10H2,1-4H3,(H,18,21)/b12-5+. The molecule has 6 heteroatoms. The Morgan fingerprint density at radius 1 is 1.39 bits per heavy atom. The molecule has 6 nitrogen and oxygen atoms in total. The molecule has 0 saturated heterocycles. The summed E-state index contributed by atoms with van der Waals surface area (Å²) in [4.78, 5) is 11.5. The van der Waals surface area contributed by atoms with E-state index in [1.807, 2.05) is 13.8 Å². The first kappa shape index (κ1) is 18.8. The highest BCUT2D eigenvalue weighted by Gasteiger charge is 2.12. The van der Waals surface area contributed by atoms with Crippen LogP contribution in [-0.2, 0) is 17.8 Å². The molecule has 0 aliphatic heterocycles. The van der Waals surface area contributed by atoms with E-state index in [1.54, 1.807) is 32.1 Å². The van der Waals surface area contributed by atoms with Crippen LogP contribution in [-0.4, -0.2) is 29.0 Å². The lowest BCUT2D eigenvalue weighted by Gasteiger charge is -2.15. The number of aromatic hydroxyl groups is 1. The van der Waals surface area contributed by atoms with Crippen molar-refractivity contribution in [1.82, 2.24) is 5.32 Å². The molecule has 1 aromatic rings. The molecule has 1 rings (SSSR count). The monoisotopic (exact) mass is 323 g/mol. The maximum Gasteiger partial charge on any atom is 0.412 e. The number of hydrogen-bond donors (Lipinski definition) is 3. The molecule has 1 aromatic carbocycles. The number of aliphatic hydroxyl groups is 1. The molecule has 0 aliphatic rings. The van der Waals surface area contributed by atoms with Gasteiger partial charge in [0.2, 0.25) is 0 Å². The summed E-state index contributed by atoms with van der Waals surface area (Å²) in [6.45, 7) is 7.27. The Bertz CT molecular complexity index is 566. The molecule has 23 heavy (non-hydrogen) atoms. The fraction of sp³-hybridized carbons (Fsp3) is 0.471. The van der Waals surface area contributed by atoms with E-state index >= 15 is 0 Å². The van der Waals surface area contributed by atoms with Gasteiger partial charge in [-0.15, -0.1) is 0 Å². The van der Waals surface area contributed by atoms with E-state index < -0.39 is 6.09 Å². The molecule has 0 spiro atoms. The number of carbonyl (C=O) groups is 1. The molecule has 0 aliphatic carbocycles. The van der Waals surface area contributed by atoms with Crippen LogP contribution in [0.15, 0.2) is 24.0 Å². The van der Waals surface area contributed by atoms with Crippen molar-refractivity contribution in [2.24, 2.45) is 0 Å². The summed E-state index contributed by atoms with van der Waals surface area (Å²) >= 11 is 0. The number of nitrogens with one attached hydrogen (secondary N) is 1. The van der Waals surface area contributed by atoms with Crippen LogP contribution in [0.2, 0.25) is 0 Å². The molecule has 0 heterocycles. The van der Waals surface area contributed by atoms with Gasteiger partial charge in [-0.05, 0) is 57.9 Å². The topological polar surface area (TPSA) is 88.0 Å². The minimum absolute atomic E-state index is 0.0546. The van der Waals surface area contributed by atoms with Crippen LogP contribution in [0.25, 0.3) is 0 Å². The van der Waals surface area contributed by atoms with Crippen LogP contribution in [0.1, 0.15) is 38.8 Å². The van der Waals surface area contributed by atoms with Gasteiger partial charge in [0, 0.05) is 12.1 Å². The van der Waals surface area contributed by atoms with Gasteiger partial charge in [-0.25, -0.2) is 4.79 Å². The lowest BCUT2D eigenvalue weighted by Crippen LogP contribution is -2.26. The number of alkyl carbamates (subject to hydrolysis) is 1. The second-order valence-electron chi connectivity index (χ2n) is 5.39. The molecular weight excluding hydrogens is 298 g/mol. The molecule has 0 radical (unpaired) electrons. The third kappa shape index (κ3) is 6.20. The van der Waals surface area contributed by atoms with Crippen molar-refractivity contribution < 1.29 is 24.5 Å². The summed E-state index contributed by atoms with van der Waals surface area (Å²) in [5.74, 6) is 0.803. The van der Waals surface area contributed by atoms with Crippen molar-refractivity contribution in [3.63, 3.8) is 0 Å². The Morgan fingerprint density at radius 2 is 2.09 bits per heavy atom. The summed E-state index contributed by atoms with van der Waals surface area (Å²) in [7, 11) is 0. The van der Waals surface area contributed by atoms with E-state index in [9.17, 15) is 15.0 Å². The number of carbonyl (C=O) groups excluding carboxylic acids is 1. The summed E-state index contributed by atoms with van der Waals surface area (Å²) in [5, 5.41) is 22.0. The molecule has 3 N–H and O–H groups in total. The minimum atomic E-state index is -0.514. The summed E-state index contributed by atoms with van der Waals surface area (Å²) in [5.41, 5.74) is 1.23. The van der Waals surface area contributed by atoms with Crippen molar-refractivity contribution in [3.05, 3.63) is 35.1 Å². The van der Waals surface area contributed by atoms with Gasteiger partial charge in [0.15, 0.2) is 11.5 Å². The zero-order valence-corrected chi connectivity index (χ0v) is 14.0. The van der Waals surface area contributed by atoms with Crippen LogP contribution >= 0.6 is 0 Å². The molecule has 0 atom stereocenters. The lowest BCUT2D eigenvalue weighted by atomic mass is 10.1. The fourth-order valence-electron chi connectivity index (χ4n) is 1.89. The molecular formula is C17H25NO5. The van der Waals surface area contributed by atoms with E-state index in [2.05, 4.69) is 5.32 Å². The van der Waals surface area contributed by atoms with Gasteiger partial charge >= 0.3 is 6.09 Å². The molecule has 0 unspecified atom stereocenters. The van der Waals surface area contributed by atoms with Gasteiger partial charge < -0.3 is 25.0 Å². The van der Waals surface area contributed by atoms with Gasteiger partial charge in [-0.1, -0.05) is 0 Å². The van der Waals surface area contributed by atoms with Crippen molar-refractivity contribution in [3.8, 4) is 11.5 Å². The number of allylic oxidation sites excluding steroid dienone is 2. The van der Waals surface area contributed by atoms with E-state index in [1.165, 1.54) is 0 Å². The predicted octanol–water partition coefficient (Wildman–Crippen LogP) is 2.86. The van der Waals surface area contributed by atoms with Crippen molar-refractivity contribution in [2.45, 2.75) is 46.8 Å². The normalized spacial score (nSPS) is 11.5. The maximum atomic E-state index is 11.5. The average molecular weight is 323 g/mol. The van der Waals surface area contributed by atoms with Gasteiger partial charge in [0.25, 0.3) is 0 Å². The van der Waals surface area contributed by atoms with Crippen molar-refractivity contribution in [1.29, 1.82) is 0 Å². The smallest absolute Gasteiger partial charge is 0.412 e. The minimum Gasteiger partial charge on any atom is -0.504 e. The largest absolute Gasteiger partial charge is 0.504 e. The van der Waals surface area contributed by atoms with Crippen LogP contribution in [0, 0.1) is 0 Å². The van der Waals surface area contributed by atoms with Crippen molar-refractivity contribution in [2.75, 3.05) is 6.54 Å². The molecule has 0 fully saturated rings. The first-order chi connectivity index (χ1) is 10.9. The Labute approximate surface area is 136 Å².